The lowest BCUT2D eigenvalue weighted by molar-refractivity contribution is -0.139. The molecular weight excluding hydrogens is 460 g/mol. The maximum atomic E-state index is 13.5. The van der Waals surface area contributed by atoms with Crippen LogP contribution in [0.15, 0.2) is 65.6 Å². The van der Waals surface area contributed by atoms with Crippen molar-refractivity contribution in [3.63, 3.8) is 0 Å². The zero-order valence-electron chi connectivity index (χ0n) is 20.7. The van der Waals surface area contributed by atoms with Gasteiger partial charge in [0.15, 0.2) is 0 Å². The van der Waals surface area contributed by atoms with E-state index in [0.717, 1.165) is 59.7 Å². The maximum Gasteiger partial charge on any atom is 0.309 e. The lowest BCUT2D eigenvalue weighted by Gasteiger charge is -2.29. The van der Waals surface area contributed by atoms with E-state index in [4.69, 9.17) is 4.74 Å². The number of esters is 1. The standard InChI is InChI=1S/C28H34N2O4S/c1-30(2)25-10-6-9-24-23(25)8-7-11-26(24)35(32,33)29-20-28(16-4-5-17-28)19-22-14-12-21(13-15-22)18-27(31)34-3/h6-15,29H,4-5,16-20H2,1-3H3. The minimum atomic E-state index is -3.69. The maximum absolute atomic E-state index is 13.5. The van der Waals surface area contributed by atoms with Gasteiger partial charge in [-0.2, -0.15) is 0 Å². The van der Waals surface area contributed by atoms with Crippen molar-refractivity contribution in [3.8, 4) is 0 Å². The van der Waals surface area contributed by atoms with Gasteiger partial charge in [0, 0.05) is 37.1 Å². The Hall–Kier alpha value is -2.90. The Morgan fingerprint density at radius 3 is 2.23 bits per heavy atom. The fourth-order valence-electron chi connectivity index (χ4n) is 5.20. The van der Waals surface area contributed by atoms with Gasteiger partial charge in [-0.15, -0.1) is 0 Å². The van der Waals surface area contributed by atoms with Gasteiger partial charge < -0.3 is 9.64 Å². The van der Waals surface area contributed by atoms with Crippen molar-refractivity contribution in [2.24, 2.45) is 5.41 Å². The number of carbonyl (C=O) groups is 1. The molecule has 186 valence electrons. The predicted octanol–water partition coefficient (Wildman–Crippen LogP) is 4.70. The Morgan fingerprint density at radius 2 is 1.57 bits per heavy atom. The second kappa shape index (κ2) is 10.4. The third kappa shape index (κ3) is 5.68. The van der Waals surface area contributed by atoms with Crippen LogP contribution in [0.25, 0.3) is 10.8 Å². The molecule has 0 atom stereocenters. The minimum Gasteiger partial charge on any atom is -0.469 e. The predicted molar refractivity (Wildman–Crippen MR) is 140 cm³/mol. The van der Waals surface area contributed by atoms with E-state index in [1.807, 2.05) is 73.6 Å². The van der Waals surface area contributed by atoms with Crippen molar-refractivity contribution < 1.29 is 17.9 Å². The van der Waals surface area contributed by atoms with Crippen LogP contribution in [-0.2, 0) is 32.4 Å². The first-order valence-corrected chi connectivity index (χ1v) is 13.5. The average Bonchev–Trinajstić information content (AvgIpc) is 3.31. The van der Waals surface area contributed by atoms with E-state index >= 15 is 0 Å². The first kappa shape index (κ1) is 25.2. The normalized spacial score (nSPS) is 15.3. The molecule has 1 aliphatic carbocycles. The highest BCUT2D eigenvalue weighted by Crippen LogP contribution is 2.41. The summed E-state index contributed by atoms with van der Waals surface area (Å²) in [5.74, 6) is -0.259. The molecule has 0 aromatic heterocycles. The van der Waals surface area contributed by atoms with E-state index in [9.17, 15) is 13.2 Å². The molecule has 1 N–H and O–H groups in total. The lowest BCUT2D eigenvalue weighted by Crippen LogP contribution is -2.37. The fourth-order valence-corrected chi connectivity index (χ4v) is 6.58. The number of hydrogen-bond acceptors (Lipinski definition) is 5. The molecule has 1 fully saturated rings. The molecule has 35 heavy (non-hydrogen) atoms. The Balaban J connectivity index is 1.54. The second-order valence-electron chi connectivity index (χ2n) is 9.80. The highest BCUT2D eigenvalue weighted by molar-refractivity contribution is 7.89. The number of benzene rings is 3. The van der Waals surface area contributed by atoms with Crippen LogP contribution in [0.3, 0.4) is 0 Å². The number of anilines is 1. The van der Waals surface area contributed by atoms with Crippen LogP contribution < -0.4 is 9.62 Å². The van der Waals surface area contributed by atoms with Gasteiger partial charge in [-0.25, -0.2) is 13.1 Å². The highest BCUT2D eigenvalue weighted by atomic mass is 32.2. The molecule has 1 saturated carbocycles. The van der Waals surface area contributed by atoms with Crippen LogP contribution in [0.5, 0.6) is 0 Å². The van der Waals surface area contributed by atoms with E-state index in [-0.39, 0.29) is 17.8 Å². The minimum absolute atomic E-state index is 0.115. The molecule has 0 radical (unpaired) electrons. The van der Waals surface area contributed by atoms with Crippen molar-refractivity contribution >= 4 is 32.5 Å². The summed E-state index contributed by atoms with van der Waals surface area (Å²) < 4.78 is 34.7. The van der Waals surface area contributed by atoms with Crippen LogP contribution in [0.2, 0.25) is 0 Å². The Labute approximate surface area is 208 Å². The zero-order valence-corrected chi connectivity index (χ0v) is 21.5. The molecule has 0 spiro atoms. The van der Waals surface area contributed by atoms with Gasteiger partial charge in [-0.05, 0) is 47.9 Å². The first-order valence-electron chi connectivity index (χ1n) is 12.1. The molecule has 4 rings (SSSR count). The van der Waals surface area contributed by atoms with E-state index in [0.29, 0.717) is 11.4 Å². The molecule has 0 aliphatic heterocycles. The number of hydrogen-bond donors (Lipinski definition) is 1. The number of fused-ring (bicyclic) bond motifs is 1. The second-order valence-corrected chi connectivity index (χ2v) is 11.5. The molecule has 6 nitrogen and oxygen atoms in total. The van der Waals surface area contributed by atoms with E-state index in [1.54, 1.807) is 6.07 Å². The monoisotopic (exact) mass is 494 g/mol. The van der Waals surface area contributed by atoms with Gasteiger partial charge in [-0.3, -0.25) is 4.79 Å². The molecule has 0 amide bonds. The summed E-state index contributed by atoms with van der Waals surface area (Å²) in [7, 11) is 1.62. The average molecular weight is 495 g/mol. The number of methoxy groups -OCH3 is 1. The fraction of sp³-hybridized carbons (Fsp3) is 0.393. The van der Waals surface area contributed by atoms with Crippen molar-refractivity contribution in [2.75, 3.05) is 32.6 Å². The van der Waals surface area contributed by atoms with Crippen molar-refractivity contribution in [3.05, 3.63) is 71.8 Å². The van der Waals surface area contributed by atoms with Gasteiger partial charge in [0.2, 0.25) is 10.0 Å². The summed E-state index contributed by atoms with van der Waals surface area (Å²) in [6.07, 6.45) is 5.22. The van der Waals surface area contributed by atoms with E-state index in [2.05, 4.69) is 4.72 Å². The SMILES string of the molecule is COC(=O)Cc1ccc(CC2(CNS(=O)(=O)c3cccc4c(N(C)C)cccc34)CCCC2)cc1. The molecule has 0 bridgehead atoms. The first-order chi connectivity index (χ1) is 16.7. The van der Waals surface area contributed by atoms with Crippen LogP contribution in [0, 0.1) is 5.41 Å². The van der Waals surface area contributed by atoms with Crippen LogP contribution in [0.4, 0.5) is 5.69 Å². The number of nitrogens with zero attached hydrogens (tertiary/aromatic N) is 1. The summed E-state index contributed by atoms with van der Waals surface area (Å²) in [4.78, 5) is 13.9. The summed E-state index contributed by atoms with van der Waals surface area (Å²) >= 11 is 0. The van der Waals surface area contributed by atoms with Gasteiger partial charge in [0.05, 0.1) is 18.4 Å². The molecule has 0 unspecified atom stereocenters. The molecule has 0 saturated heterocycles. The number of nitrogens with one attached hydrogen (secondary N) is 1. The van der Waals surface area contributed by atoms with E-state index < -0.39 is 10.0 Å². The topological polar surface area (TPSA) is 75.7 Å². The molecule has 0 heterocycles. The Kier molecular flexibility index (Phi) is 7.47. The number of sulfonamides is 1. The Bertz CT molecular complexity index is 1290. The molecule has 1 aliphatic rings. The Morgan fingerprint density at radius 1 is 0.943 bits per heavy atom. The third-order valence-corrected chi connectivity index (χ3v) is 8.57. The quantitative estimate of drug-likeness (QED) is 0.436. The summed E-state index contributed by atoms with van der Waals surface area (Å²) in [6.45, 7) is 0.406. The molecule has 7 heteroatoms. The molecule has 3 aromatic carbocycles. The van der Waals surface area contributed by atoms with Crippen molar-refractivity contribution in [1.82, 2.24) is 4.72 Å². The van der Waals surface area contributed by atoms with Crippen molar-refractivity contribution in [1.29, 1.82) is 0 Å². The van der Waals surface area contributed by atoms with Crippen LogP contribution >= 0.6 is 0 Å². The number of ether oxygens (including phenoxy) is 1. The van der Waals surface area contributed by atoms with Gasteiger partial charge in [0.1, 0.15) is 0 Å². The van der Waals surface area contributed by atoms with Crippen molar-refractivity contribution in [2.45, 2.75) is 43.4 Å². The van der Waals surface area contributed by atoms with E-state index in [1.165, 1.54) is 7.11 Å². The third-order valence-electron chi connectivity index (χ3n) is 7.11. The molecule has 3 aromatic rings. The zero-order chi connectivity index (χ0) is 25.1. The number of rotatable bonds is 9. The van der Waals surface area contributed by atoms with Gasteiger partial charge in [0.25, 0.3) is 0 Å². The summed E-state index contributed by atoms with van der Waals surface area (Å²) in [5, 5.41) is 1.65. The van der Waals surface area contributed by atoms with Gasteiger partial charge in [-0.1, -0.05) is 61.4 Å². The molecular formula is C28H34N2O4S. The summed E-state index contributed by atoms with van der Waals surface area (Å²) in [5.41, 5.74) is 2.94. The number of carbonyl (C=O) groups excluding carboxylic acids is 1. The smallest absolute Gasteiger partial charge is 0.309 e. The largest absolute Gasteiger partial charge is 0.469 e. The summed E-state index contributed by atoms with van der Waals surface area (Å²) in [6, 6.07) is 19.2. The van der Waals surface area contributed by atoms with Gasteiger partial charge >= 0.3 is 5.97 Å². The highest BCUT2D eigenvalue weighted by Gasteiger charge is 2.35. The lowest BCUT2D eigenvalue weighted by atomic mass is 9.80. The van der Waals surface area contributed by atoms with Crippen LogP contribution in [-0.4, -0.2) is 42.1 Å². The van der Waals surface area contributed by atoms with Crippen LogP contribution in [0.1, 0.15) is 36.8 Å².